The van der Waals surface area contributed by atoms with Gasteiger partial charge >= 0.3 is 0 Å². The van der Waals surface area contributed by atoms with Crippen LogP contribution in [-0.2, 0) is 4.84 Å². The van der Waals surface area contributed by atoms with Crippen LogP contribution in [0, 0.1) is 0 Å². The van der Waals surface area contributed by atoms with E-state index in [4.69, 9.17) is 16.4 Å². The Labute approximate surface area is 85.3 Å². The molecule has 0 aromatic carbocycles. The summed E-state index contributed by atoms with van der Waals surface area (Å²) in [6, 6.07) is 0. The Bertz CT molecular complexity index is 182. The van der Waals surface area contributed by atoms with Gasteiger partial charge in [-0.1, -0.05) is 25.8 Å². The van der Waals surface area contributed by atoms with Gasteiger partial charge in [0, 0.05) is 0 Å². The second-order valence-corrected chi connectivity index (χ2v) is 2.85. The summed E-state index contributed by atoms with van der Waals surface area (Å²) in [5.41, 5.74) is 5.50. The summed E-state index contributed by atoms with van der Waals surface area (Å²) in [7, 11) is 0. The van der Waals surface area contributed by atoms with Gasteiger partial charge in [0.2, 0.25) is 5.96 Å². The Balaban J connectivity index is 3.61. The third-order valence-corrected chi connectivity index (χ3v) is 1.59. The second kappa shape index (κ2) is 8.52. The maximum Gasteiger partial charge on any atom is 0.231 e. The molecule has 4 N–H and O–H groups in total. The number of unbranched alkanes of at least 4 members (excludes halogenated alkanes) is 2. The Morgan fingerprint density at radius 1 is 1.57 bits per heavy atom. The van der Waals surface area contributed by atoms with Gasteiger partial charge in [0.25, 0.3) is 0 Å². The summed E-state index contributed by atoms with van der Waals surface area (Å²) < 4.78 is 0. The zero-order valence-corrected chi connectivity index (χ0v) is 8.78. The Morgan fingerprint density at radius 3 is 2.86 bits per heavy atom. The third kappa shape index (κ3) is 6.45. The number of aliphatic imine (C=N–C) groups is 1. The summed E-state index contributed by atoms with van der Waals surface area (Å²) in [5, 5.41) is 0.999. The zero-order chi connectivity index (χ0) is 10.8. The van der Waals surface area contributed by atoms with Crippen LogP contribution in [0.2, 0.25) is 0 Å². The van der Waals surface area contributed by atoms with Crippen molar-refractivity contribution < 1.29 is 4.84 Å². The van der Waals surface area contributed by atoms with Gasteiger partial charge in [-0.15, -0.1) is 6.58 Å². The molecular weight excluding hydrogens is 180 g/mol. The predicted octanol–water partition coefficient (Wildman–Crippen LogP) is 0.785. The lowest BCUT2D eigenvalue weighted by atomic mass is 10.3. The van der Waals surface area contributed by atoms with Crippen molar-refractivity contribution in [3.8, 4) is 0 Å². The summed E-state index contributed by atoms with van der Waals surface area (Å²) in [4.78, 5) is 9.02. The number of guanidine groups is 1. The van der Waals surface area contributed by atoms with E-state index < -0.39 is 0 Å². The smallest absolute Gasteiger partial charge is 0.231 e. The molecule has 82 valence electrons. The van der Waals surface area contributed by atoms with Gasteiger partial charge < -0.3 is 5.73 Å². The molecule has 0 heterocycles. The van der Waals surface area contributed by atoms with Crippen LogP contribution in [0.5, 0.6) is 0 Å². The number of hydrogen-bond donors (Lipinski definition) is 2. The van der Waals surface area contributed by atoms with Gasteiger partial charge in [0.05, 0.1) is 13.2 Å². The van der Waals surface area contributed by atoms with Gasteiger partial charge in [0.15, 0.2) is 0 Å². The minimum Gasteiger partial charge on any atom is -0.367 e. The quantitative estimate of drug-likeness (QED) is 0.159. The lowest BCUT2D eigenvalue weighted by Crippen LogP contribution is -2.43. The number of hydroxylamine groups is 1. The standard InChI is InChI=1S/C9H20N4O/c1-3-5-6-8-14-13(11)9(10)12-7-4-2/h4H,2-3,5-8,11H2,1H3,(H2,10,12). The molecular formula is C9H20N4O. The van der Waals surface area contributed by atoms with E-state index in [2.05, 4.69) is 18.5 Å². The Kier molecular flexibility index (Phi) is 7.87. The van der Waals surface area contributed by atoms with E-state index in [9.17, 15) is 0 Å². The normalized spacial score (nSPS) is 11.4. The lowest BCUT2D eigenvalue weighted by molar-refractivity contribution is -0.104. The molecule has 0 aliphatic rings. The monoisotopic (exact) mass is 200 g/mol. The van der Waals surface area contributed by atoms with Crippen molar-refractivity contribution in [2.75, 3.05) is 13.2 Å². The van der Waals surface area contributed by atoms with Gasteiger partial charge in [0.1, 0.15) is 0 Å². The van der Waals surface area contributed by atoms with Crippen LogP contribution in [-0.4, -0.2) is 24.3 Å². The van der Waals surface area contributed by atoms with Crippen LogP contribution < -0.4 is 11.6 Å². The molecule has 5 heteroatoms. The molecule has 0 bridgehead atoms. The van der Waals surface area contributed by atoms with Crippen molar-refractivity contribution in [1.29, 1.82) is 0 Å². The van der Waals surface area contributed by atoms with E-state index in [1.807, 2.05) is 0 Å². The highest BCUT2D eigenvalue weighted by molar-refractivity contribution is 5.76. The topological polar surface area (TPSA) is 76.9 Å². The summed E-state index contributed by atoms with van der Waals surface area (Å²) >= 11 is 0. The van der Waals surface area contributed by atoms with Gasteiger partial charge in [-0.3, -0.25) is 4.84 Å². The zero-order valence-electron chi connectivity index (χ0n) is 8.78. The van der Waals surface area contributed by atoms with Gasteiger partial charge in [-0.05, 0) is 6.42 Å². The molecule has 0 rings (SSSR count). The van der Waals surface area contributed by atoms with Crippen LogP contribution in [0.15, 0.2) is 17.6 Å². The van der Waals surface area contributed by atoms with Crippen molar-refractivity contribution in [3.05, 3.63) is 12.7 Å². The second-order valence-electron chi connectivity index (χ2n) is 2.85. The Morgan fingerprint density at radius 2 is 2.29 bits per heavy atom. The summed E-state index contributed by atoms with van der Waals surface area (Å²) in [6.45, 7) is 6.65. The highest BCUT2D eigenvalue weighted by Crippen LogP contribution is 1.94. The summed E-state index contributed by atoms with van der Waals surface area (Å²) in [5.74, 6) is 5.63. The fraction of sp³-hybridized carbons (Fsp3) is 0.667. The van der Waals surface area contributed by atoms with Crippen LogP contribution in [0.25, 0.3) is 0 Å². The molecule has 0 aliphatic heterocycles. The van der Waals surface area contributed by atoms with Crippen LogP contribution in [0.4, 0.5) is 0 Å². The van der Waals surface area contributed by atoms with E-state index in [0.717, 1.165) is 24.4 Å². The molecule has 0 amide bonds. The fourth-order valence-corrected chi connectivity index (χ4v) is 0.809. The number of nitrogens with two attached hydrogens (primary N) is 2. The van der Waals surface area contributed by atoms with E-state index >= 15 is 0 Å². The first-order valence-electron chi connectivity index (χ1n) is 4.81. The fourth-order valence-electron chi connectivity index (χ4n) is 0.809. The van der Waals surface area contributed by atoms with E-state index in [1.165, 1.54) is 0 Å². The van der Waals surface area contributed by atoms with Gasteiger partial charge in [-0.2, -0.15) is 5.17 Å². The number of rotatable bonds is 7. The highest BCUT2D eigenvalue weighted by Gasteiger charge is 2.01. The molecule has 0 atom stereocenters. The molecule has 0 fully saturated rings. The predicted molar refractivity (Wildman–Crippen MR) is 58.2 cm³/mol. The molecule has 0 saturated carbocycles. The SMILES string of the molecule is C=CCN=C(N)N(N)OCCCCC. The first-order chi connectivity index (χ1) is 6.72. The Hall–Kier alpha value is -1.07. The number of nitrogens with zero attached hydrogens (tertiary/aromatic N) is 2. The maximum absolute atomic E-state index is 5.50. The number of hydrogen-bond acceptors (Lipinski definition) is 3. The largest absolute Gasteiger partial charge is 0.367 e. The van der Waals surface area contributed by atoms with Crippen molar-refractivity contribution in [1.82, 2.24) is 5.17 Å². The average molecular weight is 200 g/mol. The number of hydrazine groups is 1. The average Bonchev–Trinajstić information content (AvgIpc) is 2.20. The van der Waals surface area contributed by atoms with E-state index in [-0.39, 0.29) is 5.96 Å². The molecule has 0 spiro atoms. The van der Waals surface area contributed by atoms with Crippen molar-refractivity contribution in [3.63, 3.8) is 0 Å². The third-order valence-electron chi connectivity index (χ3n) is 1.59. The minimum absolute atomic E-state index is 0.168. The van der Waals surface area contributed by atoms with E-state index in [0.29, 0.717) is 13.2 Å². The molecule has 14 heavy (non-hydrogen) atoms. The van der Waals surface area contributed by atoms with Crippen molar-refractivity contribution >= 4 is 5.96 Å². The summed E-state index contributed by atoms with van der Waals surface area (Å²) in [6.07, 6.45) is 4.88. The molecule has 0 aliphatic carbocycles. The van der Waals surface area contributed by atoms with Crippen LogP contribution in [0.3, 0.4) is 0 Å². The molecule has 0 aromatic heterocycles. The van der Waals surface area contributed by atoms with Crippen molar-refractivity contribution in [2.45, 2.75) is 26.2 Å². The molecule has 0 aromatic rings. The van der Waals surface area contributed by atoms with Crippen molar-refractivity contribution in [2.24, 2.45) is 16.6 Å². The first-order valence-corrected chi connectivity index (χ1v) is 4.81. The highest BCUT2D eigenvalue weighted by atomic mass is 16.7. The molecule has 0 radical (unpaired) electrons. The minimum atomic E-state index is 0.168. The van der Waals surface area contributed by atoms with Gasteiger partial charge in [-0.25, -0.2) is 10.8 Å². The maximum atomic E-state index is 5.50. The molecule has 0 saturated heterocycles. The van der Waals surface area contributed by atoms with E-state index in [1.54, 1.807) is 6.08 Å². The first kappa shape index (κ1) is 12.9. The lowest BCUT2D eigenvalue weighted by Gasteiger charge is -2.15. The van der Waals surface area contributed by atoms with Crippen LogP contribution in [0.1, 0.15) is 26.2 Å². The van der Waals surface area contributed by atoms with Crippen LogP contribution >= 0.6 is 0 Å². The molecule has 0 unspecified atom stereocenters. The molecule has 5 nitrogen and oxygen atoms in total.